The average molecular weight is 382 g/mol. The lowest BCUT2D eigenvalue weighted by molar-refractivity contribution is 0.0665. The number of likely N-dealkylation sites (N-methyl/N-ethyl adjacent to an activating group) is 1. The molecule has 0 spiro atoms. The Labute approximate surface area is 168 Å². The second kappa shape index (κ2) is 9.60. The third-order valence-electron chi connectivity index (χ3n) is 5.79. The van der Waals surface area contributed by atoms with E-state index in [1.165, 1.54) is 0 Å². The highest BCUT2D eigenvalue weighted by molar-refractivity contribution is 5.74. The molecular weight excluding hydrogens is 350 g/mol. The van der Waals surface area contributed by atoms with Crippen molar-refractivity contribution in [2.24, 2.45) is 5.92 Å². The van der Waals surface area contributed by atoms with Crippen LogP contribution in [0.25, 0.3) is 0 Å². The van der Waals surface area contributed by atoms with Crippen LogP contribution >= 0.6 is 0 Å². The number of hydrogen-bond acceptors (Lipinski definition) is 3. The molecule has 1 fully saturated rings. The first-order valence-corrected chi connectivity index (χ1v) is 10.1. The van der Waals surface area contributed by atoms with E-state index in [0.717, 1.165) is 24.1 Å². The summed E-state index contributed by atoms with van der Waals surface area (Å²) in [5, 5.41) is 13.7. The maximum absolute atomic E-state index is 12.5. The zero-order chi connectivity index (χ0) is 19.9. The number of para-hydroxylation sites is 1. The van der Waals surface area contributed by atoms with E-state index in [4.69, 9.17) is 0 Å². The molecule has 1 aliphatic heterocycles. The van der Waals surface area contributed by atoms with Crippen LogP contribution in [0.3, 0.4) is 0 Å². The number of likely N-dealkylation sites (tertiary alicyclic amines) is 1. The SMILES string of the molecule is CC(CNC(=O)N1CCC(C(O)c2ccccc2)CC1)N(C)c1ccccc1. The number of piperidine rings is 1. The maximum Gasteiger partial charge on any atom is 0.317 e. The van der Waals surface area contributed by atoms with Gasteiger partial charge >= 0.3 is 6.03 Å². The van der Waals surface area contributed by atoms with Crippen molar-refractivity contribution in [2.75, 3.05) is 31.6 Å². The van der Waals surface area contributed by atoms with Crippen molar-refractivity contribution < 1.29 is 9.90 Å². The molecule has 5 nitrogen and oxygen atoms in total. The van der Waals surface area contributed by atoms with Crippen molar-refractivity contribution in [3.63, 3.8) is 0 Å². The normalized spacial score (nSPS) is 17.0. The first-order chi connectivity index (χ1) is 13.6. The lowest BCUT2D eigenvalue weighted by Gasteiger charge is -2.35. The average Bonchev–Trinajstić information content (AvgIpc) is 2.77. The molecule has 0 radical (unpaired) electrons. The van der Waals surface area contributed by atoms with E-state index >= 15 is 0 Å². The number of nitrogens with zero attached hydrogens (tertiary/aromatic N) is 2. The van der Waals surface area contributed by atoms with Crippen LogP contribution in [-0.4, -0.2) is 48.8 Å². The Morgan fingerprint density at radius 1 is 1.11 bits per heavy atom. The Hall–Kier alpha value is -2.53. The van der Waals surface area contributed by atoms with Crippen LogP contribution in [-0.2, 0) is 0 Å². The number of aliphatic hydroxyl groups excluding tert-OH is 1. The number of benzene rings is 2. The van der Waals surface area contributed by atoms with Gasteiger partial charge in [-0.3, -0.25) is 0 Å². The third-order valence-corrected chi connectivity index (χ3v) is 5.79. The van der Waals surface area contributed by atoms with Gasteiger partial charge < -0.3 is 20.2 Å². The van der Waals surface area contributed by atoms with Gasteiger partial charge in [-0.1, -0.05) is 48.5 Å². The predicted octanol–water partition coefficient (Wildman–Crippen LogP) is 3.67. The van der Waals surface area contributed by atoms with Crippen LogP contribution in [0.4, 0.5) is 10.5 Å². The van der Waals surface area contributed by atoms with E-state index in [1.54, 1.807) is 0 Å². The van der Waals surface area contributed by atoms with Gasteiger partial charge in [-0.2, -0.15) is 0 Å². The first-order valence-electron chi connectivity index (χ1n) is 10.1. The number of anilines is 1. The molecule has 2 amide bonds. The largest absolute Gasteiger partial charge is 0.388 e. The van der Waals surface area contributed by atoms with E-state index in [-0.39, 0.29) is 18.0 Å². The first kappa shape index (κ1) is 20.2. The molecule has 2 atom stereocenters. The van der Waals surface area contributed by atoms with Gasteiger partial charge in [-0.25, -0.2) is 4.79 Å². The van der Waals surface area contributed by atoms with E-state index in [2.05, 4.69) is 29.3 Å². The molecule has 2 aromatic rings. The standard InChI is InChI=1S/C23H31N3O2/c1-18(25(2)21-11-7-4-8-12-21)17-24-23(28)26-15-13-20(14-16-26)22(27)19-9-5-3-6-10-19/h3-12,18,20,22,27H,13-17H2,1-2H3,(H,24,28). The lowest BCUT2D eigenvalue weighted by Crippen LogP contribution is -2.48. The molecule has 0 saturated carbocycles. The van der Waals surface area contributed by atoms with Crippen LogP contribution in [0, 0.1) is 5.92 Å². The lowest BCUT2D eigenvalue weighted by atomic mass is 9.87. The highest BCUT2D eigenvalue weighted by Crippen LogP contribution is 2.30. The van der Waals surface area contributed by atoms with Crippen LogP contribution in [0.1, 0.15) is 31.4 Å². The molecule has 150 valence electrons. The number of carbonyl (C=O) groups excluding carboxylic acids is 1. The van der Waals surface area contributed by atoms with Gasteiger partial charge in [0.25, 0.3) is 0 Å². The van der Waals surface area contributed by atoms with Crippen molar-refractivity contribution in [1.29, 1.82) is 0 Å². The van der Waals surface area contributed by atoms with E-state index in [9.17, 15) is 9.90 Å². The summed E-state index contributed by atoms with van der Waals surface area (Å²) in [5.74, 6) is 0.203. The Morgan fingerprint density at radius 3 is 2.29 bits per heavy atom. The molecule has 0 aromatic heterocycles. The third kappa shape index (κ3) is 5.04. The van der Waals surface area contributed by atoms with Gasteiger partial charge in [-0.05, 0) is 43.4 Å². The number of urea groups is 1. The van der Waals surface area contributed by atoms with Gasteiger partial charge in [0.15, 0.2) is 0 Å². The summed E-state index contributed by atoms with van der Waals surface area (Å²) >= 11 is 0. The molecule has 1 aliphatic rings. The molecule has 5 heteroatoms. The summed E-state index contributed by atoms with van der Waals surface area (Å²) in [6.07, 6.45) is 1.19. The highest BCUT2D eigenvalue weighted by Gasteiger charge is 2.28. The number of aliphatic hydroxyl groups is 1. The zero-order valence-electron chi connectivity index (χ0n) is 16.8. The van der Waals surface area contributed by atoms with Gasteiger partial charge in [0, 0.05) is 38.4 Å². The van der Waals surface area contributed by atoms with Crippen molar-refractivity contribution in [3.8, 4) is 0 Å². The number of nitrogens with one attached hydrogen (secondary N) is 1. The molecular formula is C23H31N3O2. The second-order valence-corrected chi connectivity index (χ2v) is 7.66. The van der Waals surface area contributed by atoms with E-state index < -0.39 is 6.10 Å². The second-order valence-electron chi connectivity index (χ2n) is 7.66. The number of rotatable bonds is 6. The fraction of sp³-hybridized carbons (Fsp3) is 0.435. The fourth-order valence-electron chi connectivity index (χ4n) is 3.74. The van der Waals surface area contributed by atoms with Gasteiger partial charge in [0.1, 0.15) is 0 Å². The summed E-state index contributed by atoms with van der Waals surface area (Å²) in [4.78, 5) is 16.6. The summed E-state index contributed by atoms with van der Waals surface area (Å²) < 4.78 is 0. The predicted molar refractivity (Wildman–Crippen MR) is 113 cm³/mol. The van der Waals surface area contributed by atoms with Crippen LogP contribution in [0.5, 0.6) is 0 Å². The Balaban J connectivity index is 1.44. The zero-order valence-corrected chi connectivity index (χ0v) is 16.8. The molecule has 2 N–H and O–H groups in total. The summed E-state index contributed by atoms with van der Waals surface area (Å²) in [7, 11) is 2.04. The molecule has 2 aromatic carbocycles. The summed E-state index contributed by atoms with van der Waals surface area (Å²) in [6.45, 7) is 4.07. The van der Waals surface area contributed by atoms with Crippen LogP contribution < -0.4 is 10.2 Å². The molecule has 1 heterocycles. The maximum atomic E-state index is 12.5. The number of hydrogen-bond donors (Lipinski definition) is 2. The van der Waals surface area contributed by atoms with Crippen molar-refractivity contribution in [2.45, 2.75) is 31.9 Å². The Kier molecular flexibility index (Phi) is 6.93. The molecule has 0 aliphatic carbocycles. The highest BCUT2D eigenvalue weighted by atomic mass is 16.3. The van der Waals surface area contributed by atoms with Crippen LogP contribution in [0.2, 0.25) is 0 Å². The van der Waals surface area contributed by atoms with E-state index in [1.807, 2.05) is 60.5 Å². The molecule has 28 heavy (non-hydrogen) atoms. The minimum absolute atomic E-state index is 0.0130. The topological polar surface area (TPSA) is 55.8 Å². The minimum Gasteiger partial charge on any atom is -0.388 e. The number of amides is 2. The van der Waals surface area contributed by atoms with Gasteiger partial charge in [-0.15, -0.1) is 0 Å². The Bertz CT molecular complexity index is 730. The Morgan fingerprint density at radius 2 is 1.68 bits per heavy atom. The molecule has 0 bridgehead atoms. The van der Waals surface area contributed by atoms with Crippen molar-refractivity contribution in [1.82, 2.24) is 10.2 Å². The fourth-order valence-corrected chi connectivity index (χ4v) is 3.74. The smallest absolute Gasteiger partial charge is 0.317 e. The minimum atomic E-state index is -0.453. The monoisotopic (exact) mass is 381 g/mol. The van der Waals surface area contributed by atoms with E-state index in [0.29, 0.717) is 19.6 Å². The van der Waals surface area contributed by atoms with Gasteiger partial charge in [0.05, 0.1) is 6.10 Å². The number of carbonyl (C=O) groups is 1. The van der Waals surface area contributed by atoms with Gasteiger partial charge in [0.2, 0.25) is 0 Å². The van der Waals surface area contributed by atoms with Crippen LogP contribution in [0.15, 0.2) is 60.7 Å². The quantitative estimate of drug-likeness (QED) is 0.803. The van der Waals surface area contributed by atoms with Crippen molar-refractivity contribution >= 4 is 11.7 Å². The molecule has 1 saturated heterocycles. The molecule has 3 rings (SSSR count). The molecule has 2 unspecified atom stereocenters. The summed E-state index contributed by atoms with van der Waals surface area (Å²) in [5.41, 5.74) is 2.10. The van der Waals surface area contributed by atoms with Crippen molar-refractivity contribution in [3.05, 3.63) is 66.2 Å². The summed E-state index contributed by atoms with van der Waals surface area (Å²) in [6, 6.07) is 20.2.